The normalized spacial score (nSPS) is 13.0. The van der Waals surface area contributed by atoms with Crippen molar-refractivity contribution in [1.82, 2.24) is 4.90 Å². The van der Waals surface area contributed by atoms with E-state index in [0.717, 1.165) is 26.1 Å². The van der Waals surface area contributed by atoms with E-state index in [9.17, 15) is 0 Å². The lowest BCUT2D eigenvalue weighted by Crippen LogP contribution is -2.35. The van der Waals surface area contributed by atoms with Gasteiger partial charge in [0.1, 0.15) is 0 Å². The van der Waals surface area contributed by atoms with Gasteiger partial charge in [-0.25, -0.2) is 0 Å². The van der Waals surface area contributed by atoms with Gasteiger partial charge in [-0.2, -0.15) is 0 Å². The minimum absolute atomic E-state index is 0.621. The first-order valence-corrected chi connectivity index (χ1v) is 6.29. The van der Waals surface area contributed by atoms with Gasteiger partial charge in [-0.3, -0.25) is 4.90 Å². The molecule has 1 rings (SSSR count). The number of hydrogen-bond acceptors (Lipinski definition) is 2. The molecular formula is C14H24N2. The molecule has 0 aliphatic rings. The van der Waals surface area contributed by atoms with Gasteiger partial charge in [0.2, 0.25) is 0 Å². The molecule has 0 aliphatic heterocycles. The number of benzene rings is 1. The molecule has 0 heterocycles. The molecule has 1 atom stereocenters. The summed E-state index contributed by atoms with van der Waals surface area (Å²) in [5, 5.41) is 0. The van der Waals surface area contributed by atoms with Crippen molar-refractivity contribution in [3.63, 3.8) is 0 Å². The van der Waals surface area contributed by atoms with Crippen molar-refractivity contribution in [1.29, 1.82) is 0 Å². The zero-order valence-corrected chi connectivity index (χ0v) is 10.5. The van der Waals surface area contributed by atoms with E-state index in [1.54, 1.807) is 0 Å². The van der Waals surface area contributed by atoms with Crippen LogP contribution in [0.3, 0.4) is 0 Å². The Morgan fingerprint density at radius 2 is 1.88 bits per heavy atom. The van der Waals surface area contributed by atoms with Crippen LogP contribution < -0.4 is 5.73 Å². The maximum atomic E-state index is 5.66. The molecule has 0 radical (unpaired) electrons. The highest BCUT2D eigenvalue weighted by Gasteiger charge is 2.14. The van der Waals surface area contributed by atoms with Gasteiger partial charge in [-0.15, -0.1) is 0 Å². The highest BCUT2D eigenvalue weighted by atomic mass is 15.1. The quantitative estimate of drug-likeness (QED) is 0.765. The molecule has 1 aromatic rings. The molecule has 0 fully saturated rings. The van der Waals surface area contributed by atoms with Gasteiger partial charge >= 0.3 is 0 Å². The van der Waals surface area contributed by atoms with Gasteiger partial charge in [0, 0.05) is 12.6 Å². The van der Waals surface area contributed by atoms with E-state index in [2.05, 4.69) is 49.1 Å². The first-order valence-electron chi connectivity index (χ1n) is 6.29. The van der Waals surface area contributed by atoms with E-state index in [-0.39, 0.29) is 0 Å². The molecule has 0 aliphatic carbocycles. The van der Waals surface area contributed by atoms with Crippen molar-refractivity contribution in [2.75, 3.05) is 13.1 Å². The summed E-state index contributed by atoms with van der Waals surface area (Å²) in [7, 11) is 0. The van der Waals surface area contributed by atoms with Crippen molar-refractivity contribution in [3.05, 3.63) is 35.9 Å². The second-order valence-corrected chi connectivity index (χ2v) is 4.19. The van der Waals surface area contributed by atoms with Crippen LogP contribution in [0, 0.1) is 0 Å². The van der Waals surface area contributed by atoms with Gasteiger partial charge in [-0.1, -0.05) is 44.2 Å². The van der Waals surface area contributed by atoms with Crippen molar-refractivity contribution < 1.29 is 0 Å². The van der Waals surface area contributed by atoms with Gasteiger partial charge in [0.05, 0.1) is 0 Å². The van der Waals surface area contributed by atoms with Crippen molar-refractivity contribution in [3.8, 4) is 0 Å². The zero-order chi connectivity index (χ0) is 11.8. The highest BCUT2D eigenvalue weighted by molar-refractivity contribution is 5.14. The Balaban J connectivity index is 2.60. The molecule has 1 aromatic carbocycles. The number of nitrogens with two attached hydrogens (primary N) is 1. The van der Waals surface area contributed by atoms with Crippen LogP contribution in [0.15, 0.2) is 30.3 Å². The maximum Gasteiger partial charge on any atom is 0.0236 e. The molecule has 2 heteroatoms. The second kappa shape index (κ2) is 7.42. The predicted octanol–water partition coefficient (Wildman–Crippen LogP) is 2.64. The van der Waals surface area contributed by atoms with Crippen LogP contribution in [0.1, 0.15) is 32.3 Å². The Bertz CT molecular complexity index is 271. The van der Waals surface area contributed by atoms with Crippen LogP contribution in [0.4, 0.5) is 0 Å². The monoisotopic (exact) mass is 220 g/mol. The zero-order valence-electron chi connectivity index (χ0n) is 10.5. The van der Waals surface area contributed by atoms with Gasteiger partial charge in [0.25, 0.3) is 0 Å². The minimum Gasteiger partial charge on any atom is -0.330 e. The minimum atomic E-state index is 0.621. The van der Waals surface area contributed by atoms with Crippen LogP contribution in [-0.2, 0) is 6.54 Å². The molecule has 0 amide bonds. The molecule has 0 bridgehead atoms. The summed E-state index contributed by atoms with van der Waals surface area (Å²) in [4.78, 5) is 2.52. The molecule has 90 valence electrons. The van der Waals surface area contributed by atoms with Crippen LogP contribution in [0.2, 0.25) is 0 Å². The lowest BCUT2D eigenvalue weighted by atomic mass is 10.1. The third-order valence-corrected chi connectivity index (χ3v) is 3.12. The number of nitrogens with zero attached hydrogens (tertiary/aromatic N) is 1. The van der Waals surface area contributed by atoms with Crippen molar-refractivity contribution in [2.24, 2.45) is 5.73 Å². The summed E-state index contributed by atoms with van der Waals surface area (Å²) in [6.07, 6.45) is 2.27. The fraction of sp³-hybridized carbons (Fsp3) is 0.571. The third kappa shape index (κ3) is 3.95. The first kappa shape index (κ1) is 13.2. The molecule has 16 heavy (non-hydrogen) atoms. The molecule has 0 spiro atoms. The van der Waals surface area contributed by atoms with E-state index in [1.165, 1.54) is 12.0 Å². The summed E-state index contributed by atoms with van der Waals surface area (Å²) in [5.41, 5.74) is 7.05. The molecule has 0 aromatic heterocycles. The fourth-order valence-corrected chi connectivity index (χ4v) is 2.15. The molecule has 2 N–H and O–H groups in total. The van der Waals surface area contributed by atoms with E-state index in [0.29, 0.717) is 6.04 Å². The topological polar surface area (TPSA) is 29.3 Å². The summed E-state index contributed by atoms with van der Waals surface area (Å²) < 4.78 is 0. The highest BCUT2D eigenvalue weighted by Crippen LogP contribution is 2.12. The summed E-state index contributed by atoms with van der Waals surface area (Å²) in [6, 6.07) is 11.3. The largest absolute Gasteiger partial charge is 0.330 e. The van der Waals surface area contributed by atoms with Crippen LogP contribution >= 0.6 is 0 Å². The van der Waals surface area contributed by atoms with Gasteiger partial charge in [-0.05, 0) is 31.5 Å². The molecule has 1 unspecified atom stereocenters. The molecule has 0 saturated carbocycles. The van der Waals surface area contributed by atoms with Crippen LogP contribution in [0.25, 0.3) is 0 Å². The fourth-order valence-electron chi connectivity index (χ4n) is 2.15. The average molecular weight is 220 g/mol. The molecular weight excluding hydrogens is 196 g/mol. The van der Waals surface area contributed by atoms with Gasteiger partial charge < -0.3 is 5.73 Å². The Morgan fingerprint density at radius 1 is 1.19 bits per heavy atom. The summed E-state index contributed by atoms with van der Waals surface area (Å²) in [6.45, 7) is 7.38. The number of hydrogen-bond donors (Lipinski definition) is 1. The lowest BCUT2D eigenvalue weighted by molar-refractivity contribution is 0.184. The maximum absolute atomic E-state index is 5.66. The van der Waals surface area contributed by atoms with Crippen molar-refractivity contribution in [2.45, 2.75) is 39.3 Å². The Morgan fingerprint density at radius 3 is 2.38 bits per heavy atom. The molecule has 2 nitrogen and oxygen atoms in total. The van der Waals surface area contributed by atoms with E-state index in [4.69, 9.17) is 5.73 Å². The number of rotatable bonds is 7. The SMILES string of the molecule is CCC(CCN)N(CC)Cc1ccccc1. The summed E-state index contributed by atoms with van der Waals surface area (Å²) >= 11 is 0. The average Bonchev–Trinajstić information content (AvgIpc) is 2.35. The van der Waals surface area contributed by atoms with E-state index < -0.39 is 0 Å². The summed E-state index contributed by atoms with van der Waals surface area (Å²) in [5.74, 6) is 0. The molecule has 0 saturated heterocycles. The van der Waals surface area contributed by atoms with Crippen molar-refractivity contribution >= 4 is 0 Å². The Kier molecular flexibility index (Phi) is 6.12. The Hall–Kier alpha value is -0.860. The van der Waals surface area contributed by atoms with Crippen LogP contribution in [-0.4, -0.2) is 24.0 Å². The van der Waals surface area contributed by atoms with E-state index in [1.807, 2.05) is 0 Å². The third-order valence-electron chi connectivity index (χ3n) is 3.12. The van der Waals surface area contributed by atoms with Crippen LogP contribution in [0.5, 0.6) is 0 Å². The van der Waals surface area contributed by atoms with E-state index >= 15 is 0 Å². The van der Waals surface area contributed by atoms with Gasteiger partial charge in [0.15, 0.2) is 0 Å². The standard InChI is InChI=1S/C14H24N2/c1-3-14(10-11-15)16(4-2)12-13-8-6-5-7-9-13/h5-9,14H,3-4,10-12,15H2,1-2H3. The smallest absolute Gasteiger partial charge is 0.0236 e. The second-order valence-electron chi connectivity index (χ2n) is 4.19. The predicted molar refractivity (Wildman–Crippen MR) is 70.3 cm³/mol. The Labute approximate surface area is 99.5 Å². The first-order chi connectivity index (χ1) is 7.81. The lowest BCUT2D eigenvalue weighted by Gasteiger charge is -2.29.